The molecule has 0 saturated carbocycles. The van der Waals surface area contributed by atoms with Gasteiger partial charge in [0.15, 0.2) is 5.13 Å². The number of benzene rings is 2. The van der Waals surface area contributed by atoms with Crippen LogP contribution in [0.3, 0.4) is 0 Å². The summed E-state index contributed by atoms with van der Waals surface area (Å²) in [6.07, 6.45) is 3.55. The Morgan fingerprint density at radius 2 is 1.93 bits per heavy atom. The number of nitrogens with zero attached hydrogens (tertiary/aromatic N) is 3. The van der Waals surface area contributed by atoms with Crippen molar-refractivity contribution >= 4 is 38.3 Å². The van der Waals surface area contributed by atoms with Crippen molar-refractivity contribution in [1.29, 1.82) is 0 Å². The number of amides is 1. The van der Waals surface area contributed by atoms with Gasteiger partial charge >= 0.3 is 0 Å². The lowest BCUT2D eigenvalue weighted by atomic mass is 10.1. The Balaban J connectivity index is 1.51. The summed E-state index contributed by atoms with van der Waals surface area (Å²) in [5.74, 6) is 1.15. The van der Waals surface area contributed by atoms with Crippen molar-refractivity contribution in [3.8, 4) is 28.4 Å². The van der Waals surface area contributed by atoms with Gasteiger partial charge in [-0.1, -0.05) is 0 Å². The van der Waals surface area contributed by atoms with Crippen LogP contribution in [-0.2, 0) is 0 Å². The van der Waals surface area contributed by atoms with Gasteiger partial charge in [0.2, 0.25) is 0 Å². The van der Waals surface area contributed by atoms with Crippen molar-refractivity contribution in [2.24, 2.45) is 0 Å². The molecule has 2 heterocycles. The molecule has 1 amide bonds. The molecular formula is C21H17BrN4O3S. The Morgan fingerprint density at radius 1 is 1.13 bits per heavy atom. The molecule has 4 aromatic rings. The van der Waals surface area contributed by atoms with Gasteiger partial charge in [-0.3, -0.25) is 10.1 Å². The van der Waals surface area contributed by atoms with Crippen LogP contribution in [0.1, 0.15) is 10.4 Å². The summed E-state index contributed by atoms with van der Waals surface area (Å²) in [5.41, 5.74) is 2.88. The molecular weight excluding hydrogens is 468 g/mol. The third-order valence-corrected chi connectivity index (χ3v) is 5.52. The number of halogens is 1. The van der Waals surface area contributed by atoms with E-state index in [0.717, 1.165) is 15.7 Å². The summed E-state index contributed by atoms with van der Waals surface area (Å²) in [4.78, 5) is 17.1. The van der Waals surface area contributed by atoms with Gasteiger partial charge in [-0.25, -0.2) is 9.67 Å². The molecule has 0 aliphatic carbocycles. The summed E-state index contributed by atoms with van der Waals surface area (Å²) in [6.45, 7) is 0. The fraction of sp³-hybridized carbons (Fsp3) is 0.0952. The molecule has 0 fully saturated rings. The van der Waals surface area contributed by atoms with Crippen LogP contribution in [-0.4, -0.2) is 34.9 Å². The number of methoxy groups -OCH3 is 2. The summed E-state index contributed by atoms with van der Waals surface area (Å²) in [5, 5.41) is 9.44. The minimum Gasteiger partial charge on any atom is -0.497 e. The molecule has 0 radical (unpaired) electrons. The van der Waals surface area contributed by atoms with E-state index in [2.05, 4.69) is 31.3 Å². The molecule has 0 spiro atoms. The van der Waals surface area contributed by atoms with Crippen molar-refractivity contribution < 1.29 is 14.3 Å². The van der Waals surface area contributed by atoms with Crippen LogP contribution in [0.15, 0.2) is 64.7 Å². The Hall–Kier alpha value is -3.17. The van der Waals surface area contributed by atoms with Gasteiger partial charge in [-0.2, -0.15) is 5.10 Å². The monoisotopic (exact) mass is 484 g/mol. The van der Waals surface area contributed by atoms with Crippen molar-refractivity contribution in [1.82, 2.24) is 14.8 Å². The highest BCUT2D eigenvalue weighted by Gasteiger charge is 2.14. The van der Waals surface area contributed by atoms with E-state index in [4.69, 9.17) is 9.47 Å². The van der Waals surface area contributed by atoms with Gasteiger partial charge in [0, 0.05) is 22.7 Å². The average molecular weight is 485 g/mol. The largest absolute Gasteiger partial charge is 0.497 e. The first-order chi connectivity index (χ1) is 14.6. The van der Waals surface area contributed by atoms with E-state index in [1.165, 1.54) is 11.3 Å². The molecule has 0 aliphatic rings. The number of rotatable bonds is 6. The van der Waals surface area contributed by atoms with Crippen molar-refractivity contribution in [2.45, 2.75) is 0 Å². The van der Waals surface area contributed by atoms with E-state index in [-0.39, 0.29) is 5.91 Å². The number of anilines is 1. The topological polar surface area (TPSA) is 78.3 Å². The zero-order chi connectivity index (χ0) is 21.1. The SMILES string of the molecule is COc1ccc(OC)c(-c2csc(NC(=O)c3ccc(-n4cc(Br)cn4)cc3)n2)c1. The van der Waals surface area contributed by atoms with E-state index in [9.17, 15) is 4.79 Å². The average Bonchev–Trinajstić information content (AvgIpc) is 3.42. The van der Waals surface area contributed by atoms with Gasteiger partial charge in [-0.15, -0.1) is 11.3 Å². The molecule has 30 heavy (non-hydrogen) atoms. The molecule has 9 heteroatoms. The maximum atomic E-state index is 12.6. The molecule has 0 unspecified atom stereocenters. The van der Waals surface area contributed by atoms with E-state index in [1.807, 2.05) is 41.9 Å². The van der Waals surface area contributed by atoms with Crippen LogP contribution in [0.5, 0.6) is 11.5 Å². The summed E-state index contributed by atoms with van der Waals surface area (Å²) in [7, 11) is 3.21. The number of hydrogen-bond donors (Lipinski definition) is 1. The highest BCUT2D eigenvalue weighted by molar-refractivity contribution is 9.10. The van der Waals surface area contributed by atoms with Crippen LogP contribution in [0.25, 0.3) is 16.9 Å². The maximum Gasteiger partial charge on any atom is 0.257 e. The second kappa shape index (κ2) is 8.68. The second-order valence-corrected chi connectivity index (χ2v) is 7.98. The molecule has 0 bridgehead atoms. The van der Waals surface area contributed by atoms with Gasteiger partial charge in [0.05, 0.1) is 36.3 Å². The van der Waals surface area contributed by atoms with E-state index < -0.39 is 0 Å². The molecule has 4 rings (SSSR count). The van der Waals surface area contributed by atoms with Gasteiger partial charge in [0.25, 0.3) is 5.91 Å². The first-order valence-corrected chi connectivity index (χ1v) is 10.5. The molecule has 0 saturated heterocycles. The zero-order valence-electron chi connectivity index (χ0n) is 16.1. The number of aromatic nitrogens is 3. The van der Waals surface area contributed by atoms with Gasteiger partial charge in [-0.05, 0) is 58.4 Å². The number of carbonyl (C=O) groups excluding carboxylic acids is 1. The van der Waals surface area contributed by atoms with Crippen molar-refractivity contribution in [2.75, 3.05) is 19.5 Å². The molecule has 1 N–H and O–H groups in total. The summed E-state index contributed by atoms with van der Waals surface area (Å²) >= 11 is 4.72. The lowest BCUT2D eigenvalue weighted by Crippen LogP contribution is -2.11. The third kappa shape index (κ3) is 4.22. The number of nitrogens with one attached hydrogen (secondary N) is 1. The predicted octanol–water partition coefficient (Wildman–Crippen LogP) is 5.03. The summed E-state index contributed by atoms with van der Waals surface area (Å²) < 4.78 is 13.3. The summed E-state index contributed by atoms with van der Waals surface area (Å²) in [6, 6.07) is 12.7. The molecule has 152 valence electrons. The third-order valence-electron chi connectivity index (χ3n) is 4.35. The van der Waals surface area contributed by atoms with Crippen LogP contribution in [0.2, 0.25) is 0 Å². The standard InChI is InChI=1S/C21H17BrN4O3S/c1-28-16-7-8-19(29-2)17(9-16)18-12-30-21(24-18)25-20(27)13-3-5-15(6-4-13)26-11-14(22)10-23-26/h3-12H,1-2H3,(H,24,25,27). The minimum atomic E-state index is -0.235. The van der Waals surface area contributed by atoms with Crippen molar-refractivity contribution in [3.05, 3.63) is 70.3 Å². The van der Waals surface area contributed by atoms with Crippen molar-refractivity contribution in [3.63, 3.8) is 0 Å². The quantitative estimate of drug-likeness (QED) is 0.415. The number of carbonyl (C=O) groups is 1. The smallest absolute Gasteiger partial charge is 0.257 e. The van der Waals surface area contributed by atoms with Crippen LogP contribution >= 0.6 is 27.3 Å². The van der Waals surface area contributed by atoms with Gasteiger partial charge < -0.3 is 9.47 Å². The fourth-order valence-corrected chi connectivity index (χ4v) is 3.84. The van der Waals surface area contributed by atoms with Crippen LogP contribution in [0, 0.1) is 0 Å². The highest BCUT2D eigenvalue weighted by atomic mass is 79.9. The first kappa shape index (κ1) is 20.1. The molecule has 0 atom stereocenters. The lowest BCUT2D eigenvalue weighted by Gasteiger charge is -2.08. The normalized spacial score (nSPS) is 10.6. The highest BCUT2D eigenvalue weighted by Crippen LogP contribution is 2.35. The minimum absolute atomic E-state index is 0.235. The Labute approximate surface area is 185 Å². The first-order valence-electron chi connectivity index (χ1n) is 8.87. The van der Waals surface area contributed by atoms with E-state index >= 15 is 0 Å². The Bertz CT molecular complexity index is 1190. The molecule has 7 nitrogen and oxygen atoms in total. The lowest BCUT2D eigenvalue weighted by molar-refractivity contribution is 0.102. The maximum absolute atomic E-state index is 12.6. The van der Waals surface area contributed by atoms with Crippen LogP contribution in [0.4, 0.5) is 5.13 Å². The molecule has 0 aliphatic heterocycles. The molecule has 2 aromatic carbocycles. The molecule has 2 aromatic heterocycles. The second-order valence-electron chi connectivity index (χ2n) is 6.21. The Morgan fingerprint density at radius 3 is 2.60 bits per heavy atom. The predicted molar refractivity (Wildman–Crippen MR) is 120 cm³/mol. The Kier molecular flexibility index (Phi) is 5.82. The number of ether oxygens (including phenoxy) is 2. The van der Waals surface area contributed by atoms with E-state index in [1.54, 1.807) is 37.2 Å². The fourth-order valence-electron chi connectivity index (χ4n) is 2.85. The van der Waals surface area contributed by atoms with Crippen LogP contribution < -0.4 is 14.8 Å². The zero-order valence-corrected chi connectivity index (χ0v) is 18.5. The van der Waals surface area contributed by atoms with Gasteiger partial charge in [0.1, 0.15) is 11.5 Å². The number of thiazole rings is 1. The number of hydrogen-bond acceptors (Lipinski definition) is 6. The van der Waals surface area contributed by atoms with E-state index in [0.29, 0.717) is 27.9 Å².